The maximum atomic E-state index is 6.27. The molecule has 4 nitrogen and oxygen atoms in total. The molecule has 0 atom stereocenters. The zero-order chi connectivity index (χ0) is 32.8. The maximum absolute atomic E-state index is 6.27. The van der Waals surface area contributed by atoms with Gasteiger partial charge in [0, 0.05) is 11.1 Å². The van der Waals surface area contributed by atoms with Gasteiger partial charge in [-0.3, -0.25) is 0 Å². The van der Waals surface area contributed by atoms with Gasteiger partial charge in [-0.25, -0.2) is 9.97 Å². The highest BCUT2D eigenvalue weighted by Gasteiger charge is 2.21. The van der Waals surface area contributed by atoms with Gasteiger partial charge in [0.05, 0.1) is 0 Å². The highest BCUT2D eigenvalue weighted by molar-refractivity contribution is 6.35. The first kappa shape index (κ1) is 27.2. The second-order valence-corrected chi connectivity index (χ2v) is 12.8. The maximum Gasteiger partial charge on any atom is 0.227 e. The zero-order valence-corrected chi connectivity index (χ0v) is 26.7. The van der Waals surface area contributed by atoms with Crippen LogP contribution in [0.3, 0.4) is 0 Å². The summed E-state index contributed by atoms with van der Waals surface area (Å²) in [5.74, 6) is 1.26. The predicted molar refractivity (Wildman–Crippen MR) is 205 cm³/mol. The van der Waals surface area contributed by atoms with Gasteiger partial charge in [-0.1, -0.05) is 121 Å². The van der Waals surface area contributed by atoms with Gasteiger partial charge in [-0.2, -0.15) is 0 Å². The van der Waals surface area contributed by atoms with Crippen LogP contribution in [0.4, 0.5) is 0 Å². The Bertz CT molecular complexity index is 2820. The molecule has 2 heterocycles. The molecule has 11 rings (SSSR count). The Hall–Kier alpha value is -6.78. The fraction of sp³-hybridized carbons (Fsp3) is 0. The van der Waals surface area contributed by atoms with E-state index in [4.69, 9.17) is 18.8 Å². The molecule has 0 N–H and O–H groups in total. The fourth-order valence-electron chi connectivity index (χ4n) is 7.96. The van der Waals surface area contributed by atoms with E-state index in [9.17, 15) is 0 Å². The van der Waals surface area contributed by atoms with Crippen molar-refractivity contribution in [3.05, 3.63) is 158 Å². The Kier molecular flexibility index (Phi) is 5.63. The van der Waals surface area contributed by atoms with Crippen LogP contribution in [0.1, 0.15) is 0 Å². The summed E-state index contributed by atoms with van der Waals surface area (Å²) >= 11 is 0. The molecule has 9 aromatic carbocycles. The molecule has 0 unspecified atom stereocenters. The van der Waals surface area contributed by atoms with Crippen LogP contribution in [0, 0.1) is 0 Å². The van der Waals surface area contributed by atoms with Crippen LogP contribution in [0.25, 0.3) is 110 Å². The van der Waals surface area contributed by atoms with Crippen LogP contribution in [-0.2, 0) is 0 Å². The Morgan fingerprint density at radius 3 is 1.12 bits per heavy atom. The van der Waals surface area contributed by atoms with Crippen molar-refractivity contribution in [3.8, 4) is 45.2 Å². The van der Waals surface area contributed by atoms with Crippen molar-refractivity contribution in [3.63, 3.8) is 0 Å². The van der Waals surface area contributed by atoms with Crippen molar-refractivity contribution in [2.24, 2.45) is 0 Å². The molecule has 232 valence electrons. The third kappa shape index (κ3) is 3.87. The SMILES string of the molecule is c1ccc(-c2ccc3c4ccc(-c5ccccc5-c5nc6ccccc6o5)c5cccc(c6cccc2c63)c54)c(-c2nc3ccccc3o2)c1. The van der Waals surface area contributed by atoms with E-state index in [1.807, 2.05) is 48.5 Å². The standard InChI is InChI=1S/C46H26N2O2/c1-3-13-37(45-47-39-19-5-7-21-41(39)49-45)27(11-1)29-23-25-35-36-26-24-30(32-16-10-18-34(44(32)36)33-17-9-15-31(29)43(33)35)28-12-2-4-14-38(28)46-48-40-20-6-8-22-42(40)50-46/h1-26H. The number of benzene rings is 9. The zero-order valence-electron chi connectivity index (χ0n) is 26.7. The first-order valence-electron chi connectivity index (χ1n) is 16.8. The van der Waals surface area contributed by atoms with Gasteiger partial charge < -0.3 is 8.83 Å². The normalized spacial score (nSPS) is 12.0. The van der Waals surface area contributed by atoms with Gasteiger partial charge >= 0.3 is 0 Å². The summed E-state index contributed by atoms with van der Waals surface area (Å²) in [6.45, 7) is 0. The van der Waals surface area contributed by atoms with Crippen LogP contribution < -0.4 is 0 Å². The number of rotatable bonds is 4. The van der Waals surface area contributed by atoms with E-state index in [-0.39, 0.29) is 0 Å². The monoisotopic (exact) mass is 638 g/mol. The highest BCUT2D eigenvalue weighted by Crippen LogP contribution is 2.47. The summed E-state index contributed by atoms with van der Waals surface area (Å²) in [5, 5.41) is 9.88. The van der Waals surface area contributed by atoms with Crippen molar-refractivity contribution in [2.75, 3.05) is 0 Å². The van der Waals surface area contributed by atoms with Crippen molar-refractivity contribution < 1.29 is 8.83 Å². The lowest BCUT2D eigenvalue weighted by atomic mass is 9.84. The van der Waals surface area contributed by atoms with E-state index in [1.54, 1.807) is 0 Å². The molecule has 0 radical (unpaired) electrons. The molecular weight excluding hydrogens is 613 g/mol. The van der Waals surface area contributed by atoms with Crippen LogP contribution in [0.15, 0.2) is 167 Å². The minimum absolute atomic E-state index is 0.628. The molecule has 0 aliphatic rings. The lowest BCUT2D eigenvalue weighted by Crippen LogP contribution is -1.92. The third-order valence-corrected chi connectivity index (χ3v) is 10.1. The van der Waals surface area contributed by atoms with Crippen LogP contribution >= 0.6 is 0 Å². The summed E-state index contributed by atoms with van der Waals surface area (Å²) in [6.07, 6.45) is 0. The summed E-state index contributed by atoms with van der Waals surface area (Å²) < 4.78 is 12.5. The number of aromatic nitrogens is 2. The van der Waals surface area contributed by atoms with Crippen LogP contribution in [0.5, 0.6) is 0 Å². The first-order valence-corrected chi connectivity index (χ1v) is 16.8. The third-order valence-electron chi connectivity index (χ3n) is 10.1. The lowest BCUT2D eigenvalue weighted by molar-refractivity contribution is 0.619. The number of para-hydroxylation sites is 4. The molecule has 0 saturated heterocycles. The molecule has 0 aliphatic carbocycles. The van der Waals surface area contributed by atoms with Gasteiger partial charge in [0.15, 0.2) is 11.2 Å². The number of nitrogens with zero attached hydrogens (tertiary/aromatic N) is 2. The number of oxazole rings is 2. The van der Waals surface area contributed by atoms with Crippen LogP contribution in [-0.4, -0.2) is 9.97 Å². The second-order valence-electron chi connectivity index (χ2n) is 12.8. The van der Waals surface area contributed by atoms with Gasteiger partial charge in [0.2, 0.25) is 11.8 Å². The molecule has 0 bridgehead atoms. The van der Waals surface area contributed by atoms with Crippen LogP contribution in [0.2, 0.25) is 0 Å². The number of hydrogen-bond acceptors (Lipinski definition) is 4. The molecular formula is C46H26N2O2. The van der Waals surface area contributed by atoms with Gasteiger partial charge in [0.1, 0.15) is 11.0 Å². The van der Waals surface area contributed by atoms with Crippen molar-refractivity contribution >= 4 is 65.3 Å². The fourth-order valence-corrected chi connectivity index (χ4v) is 7.96. The van der Waals surface area contributed by atoms with E-state index >= 15 is 0 Å². The topological polar surface area (TPSA) is 52.1 Å². The van der Waals surface area contributed by atoms with Crippen molar-refractivity contribution in [1.82, 2.24) is 9.97 Å². The van der Waals surface area contributed by atoms with E-state index in [1.165, 1.54) is 43.1 Å². The Morgan fingerprint density at radius 1 is 0.280 bits per heavy atom. The van der Waals surface area contributed by atoms with Crippen molar-refractivity contribution in [1.29, 1.82) is 0 Å². The molecule has 4 heteroatoms. The summed E-state index contributed by atoms with van der Waals surface area (Å²) in [6, 6.07) is 55.2. The Balaban J connectivity index is 1.15. The largest absolute Gasteiger partial charge is 0.436 e. The average molecular weight is 639 g/mol. The number of hydrogen-bond donors (Lipinski definition) is 0. The molecule has 2 aromatic heterocycles. The predicted octanol–water partition coefficient (Wildman–Crippen LogP) is 12.7. The van der Waals surface area contributed by atoms with Gasteiger partial charge in [-0.15, -0.1) is 0 Å². The number of fused-ring (bicyclic) bond motifs is 4. The molecule has 0 saturated carbocycles. The Labute approximate surface area is 286 Å². The summed E-state index contributed by atoms with van der Waals surface area (Å²) in [4.78, 5) is 9.72. The molecule has 50 heavy (non-hydrogen) atoms. The molecule has 11 aromatic rings. The minimum atomic E-state index is 0.628. The van der Waals surface area contributed by atoms with E-state index in [0.717, 1.165) is 55.6 Å². The van der Waals surface area contributed by atoms with Crippen molar-refractivity contribution in [2.45, 2.75) is 0 Å². The lowest BCUT2D eigenvalue weighted by Gasteiger charge is -2.19. The van der Waals surface area contributed by atoms with E-state index in [0.29, 0.717) is 11.8 Å². The van der Waals surface area contributed by atoms with Gasteiger partial charge in [0.25, 0.3) is 0 Å². The van der Waals surface area contributed by atoms with E-state index in [2.05, 4.69) is 109 Å². The summed E-state index contributed by atoms with van der Waals surface area (Å²) in [7, 11) is 0. The first-order chi connectivity index (χ1) is 24.8. The molecule has 0 spiro atoms. The van der Waals surface area contributed by atoms with E-state index < -0.39 is 0 Å². The smallest absolute Gasteiger partial charge is 0.227 e. The Morgan fingerprint density at radius 2 is 0.660 bits per heavy atom. The summed E-state index contributed by atoms with van der Waals surface area (Å²) in [5.41, 5.74) is 9.74. The molecule has 0 aliphatic heterocycles. The minimum Gasteiger partial charge on any atom is -0.436 e. The van der Waals surface area contributed by atoms with Gasteiger partial charge in [-0.05, 0) is 102 Å². The molecule has 0 amide bonds. The molecule has 0 fully saturated rings. The quantitative estimate of drug-likeness (QED) is 0.142. The second kappa shape index (κ2) is 10.4. The highest BCUT2D eigenvalue weighted by atomic mass is 16.4. The average Bonchev–Trinajstić information content (AvgIpc) is 3.82.